The van der Waals surface area contributed by atoms with Crippen molar-refractivity contribution in [1.82, 2.24) is 25.1 Å². The van der Waals surface area contributed by atoms with Gasteiger partial charge >= 0.3 is 12.1 Å². The molecule has 186 valence electrons. The van der Waals surface area contributed by atoms with Gasteiger partial charge in [-0.25, -0.2) is 19.7 Å². The van der Waals surface area contributed by atoms with Crippen LogP contribution in [0.2, 0.25) is 0 Å². The monoisotopic (exact) mass is 523 g/mol. The second-order valence-electron chi connectivity index (χ2n) is 7.72. The van der Waals surface area contributed by atoms with E-state index in [0.717, 1.165) is 5.56 Å². The average Bonchev–Trinajstić information content (AvgIpc) is 3.34. The highest BCUT2D eigenvalue weighted by molar-refractivity contribution is 7.18. The van der Waals surface area contributed by atoms with Crippen LogP contribution in [0.15, 0.2) is 66.7 Å². The number of alkyl halides is 3. The number of halogens is 3. The van der Waals surface area contributed by atoms with Crippen molar-refractivity contribution in [3.63, 3.8) is 0 Å². The lowest BCUT2D eigenvalue weighted by Crippen LogP contribution is -2.29. The van der Waals surface area contributed by atoms with Gasteiger partial charge in [-0.3, -0.25) is 5.73 Å². The summed E-state index contributed by atoms with van der Waals surface area (Å²) in [6.07, 6.45) is -6.74. The van der Waals surface area contributed by atoms with E-state index in [9.17, 15) is 18.0 Å². The van der Waals surface area contributed by atoms with E-state index in [0.29, 0.717) is 43.9 Å². The molecule has 0 spiro atoms. The van der Waals surface area contributed by atoms with Crippen molar-refractivity contribution in [3.05, 3.63) is 72.3 Å². The summed E-state index contributed by atoms with van der Waals surface area (Å²) in [5.41, 5.74) is 15.4. The molecule has 1 atom stereocenters. The predicted molar refractivity (Wildman–Crippen MR) is 131 cm³/mol. The van der Waals surface area contributed by atoms with Gasteiger partial charge in [-0.1, -0.05) is 65.9 Å². The Kier molecular flexibility index (Phi) is 6.23. The number of esters is 1. The van der Waals surface area contributed by atoms with E-state index < -0.39 is 18.4 Å². The van der Waals surface area contributed by atoms with Gasteiger partial charge in [0, 0.05) is 16.7 Å². The third-order valence-corrected chi connectivity index (χ3v) is 5.99. The Hall–Kier alpha value is -4.49. The summed E-state index contributed by atoms with van der Waals surface area (Å²) in [6.45, 7) is 0. The molecule has 9 nitrogen and oxygen atoms in total. The quantitative estimate of drug-likeness (QED) is 0.251. The zero-order valence-electron chi connectivity index (χ0n) is 18.7. The molecule has 5 aromatic rings. The van der Waals surface area contributed by atoms with Gasteiger partial charge in [0.15, 0.2) is 16.9 Å². The summed E-state index contributed by atoms with van der Waals surface area (Å²) in [6, 6.07) is 19.0. The van der Waals surface area contributed by atoms with E-state index in [-0.39, 0.29) is 5.56 Å². The molecule has 0 radical (unpaired) electrons. The molecule has 5 rings (SSSR count). The van der Waals surface area contributed by atoms with Gasteiger partial charge in [0.2, 0.25) is 5.13 Å². The topological polar surface area (TPSA) is 143 Å². The average molecular weight is 524 g/mol. The standard InChI is InChI=1S/C24H16F3N7O2S/c25-24(26,27)22(35)36-19(28)14-8-6-13(7-9-14)18-17(12-4-2-1-3-5-12)30-15-10-11-16(31-20(15)32-18)21-33-34-23(29)37-21/h1-11,19H,28H2,(H2,29,34). The number of rotatable bonds is 5. The van der Waals surface area contributed by atoms with Crippen molar-refractivity contribution in [2.45, 2.75) is 12.4 Å². The molecule has 0 amide bonds. The number of hydrogen-bond donors (Lipinski definition) is 2. The lowest BCUT2D eigenvalue weighted by atomic mass is 10.0. The zero-order valence-corrected chi connectivity index (χ0v) is 19.5. The lowest BCUT2D eigenvalue weighted by Gasteiger charge is -2.15. The first kappa shape index (κ1) is 24.2. The lowest BCUT2D eigenvalue weighted by molar-refractivity contribution is -0.205. The number of carbonyl (C=O) groups is 1. The number of fused-ring (bicyclic) bond motifs is 1. The van der Waals surface area contributed by atoms with E-state index in [1.54, 1.807) is 24.3 Å². The normalized spacial score (nSPS) is 12.4. The van der Waals surface area contributed by atoms with Crippen molar-refractivity contribution in [2.24, 2.45) is 5.73 Å². The van der Waals surface area contributed by atoms with Crippen LogP contribution >= 0.6 is 11.3 Å². The first-order chi connectivity index (χ1) is 17.7. The molecule has 3 aromatic heterocycles. The van der Waals surface area contributed by atoms with Crippen LogP contribution in [0.3, 0.4) is 0 Å². The highest BCUT2D eigenvalue weighted by Crippen LogP contribution is 2.32. The smallest absolute Gasteiger partial charge is 0.436 e. The molecule has 37 heavy (non-hydrogen) atoms. The molecule has 0 aliphatic rings. The molecule has 0 saturated carbocycles. The minimum absolute atomic E-state index is 0.172. The van der Waals surface area contributed by atoms with Crippen LogP contribution in [0.4, 0.5) is 18.3 Å². The number of benzene rings is 2. The summed E-state index contributed by atoms with van der Waals surface area (Å²) >= 11 is 1.19. The van der Waals surface area contributed by atoms with Gasteiger partial charge in [0.05, 0.1) is 11.4 Å². The Labute approximate surface area is 211 Å². The van der Waals surface area contributed by atoms with Gasteiger partial charge in [0.1, 0.15) is 11.2 Å². The largest absolute Gasteiger partial charge is 0.490 e. The number of nitrogen functional groups attached to an aromatic ring is 1. The fourth-order valence-corrected chi connectivity index (χ4v) is 4.06. The summed E-state index contributed by atoms with van der Waals surface area (Å²) in [7, 11) is 0. The van der Waals surface area contributed by atoms with Gasteiger partial charge in [-0.15, -0.1) is 10.2 Å². The number of carbonyl (C=O) groups excluding carboxylic acids is 1. The van der Waals surface area contributed by atoms with E-state index in [1.807, 2.05) is 30.3 Å². The van der Waals surface area contributed by atoms with E-state index in [1.165, 1.54) is 23.5 Å². The van der Waals surface area contributed by atoms with Gasteiger partial charge in [-0.2, -0.15) is 13.2 Å². The Bertz CT molecular complexity index is 1590. The number of ether oxygens (including phenoxy) is 1. The second kappa shape index (κ2) is 9.52. The fourth-order valence-electron chi connectivity index (χ4n) is 3.48. The van der Waals surface area contributed by atoms with Gasteiger partial charge in [-0.05, 0) is 12.1 Å². The maximum absolute atomic E-state index is 12.5. The maximum Gasteiger partial charge on any atom is 0.490 e. The van der Waals surface area contributed by atoms with Crippen LogP contribution in [0.5, 0.6) is 0 Å². The van der Waals surface area contributed by atoms with Crippen molar-refractivity contribution in [3.8, 4) is 33.2 Å². The van der Waals surface area contributed by atoms with Crippen LogP contribution in [-0.2, 0) is 9.53 Å². The van der Waals surface area contributed by atoms with Gasteiger partial charge < -0.3 is 10.5 Å². The van der Waals surface area contributed by atoms with Crippen LogP contribution in [0.1, 0.15) is 11.8 Å². The van der Waals surface area contributed by atoms with E-state index >= 15 is 0 Å². The van der Waals surface area contributed by atoms with Crippen LogP contribution in [0, 0.1) is 0 Å². The number of pyridine rings is 1. The van der Waals surface area contributed by atoms with E-state index in [4.69, 9.17) is 21.4 Å². The molecule has 0 aliphatic heterocycles. The highest BCUT2D eigenvalue weighted by atomic mass is 32.1. The number of aromatic nitrogens is 5. The van der Waals surface area contributed by atoms with Crippen molar-refractivity contribution < 1.29 is 22.7 Å². The second-order valence-corrected chi connectivity index (χ2v) is 8.73. The predicted octanol–water partition coefficient (Wildman–Crippen LogP) is 4.52. The Morgan fingerprint density at radius 2 is 1.54 bits per heavy atom. The minimum Gasteiger partial charge on any atom is -0.436 e. The number of nitrogens with zero attached hydrogens (tertiary/aromatic N) is 5. The molecule has 0 bridgehead atoms. The molecule has 13 heteroatoms. The molecule has 4 N–H and O–H groups in total. The first-order valence-corrected chi connectivity index (χ1v) is 11.5. The first-order valence-electron chi connectivity index (χ1n) is 10.7. The molecule has 2 aromatic carbocycles. The third kappa shape index (κ3) is 5.08. The van der Waals surface area contributed by atoms with Gasteiger partial charge in [0.25, 0.3) is 0 Å². The molecule has 0 aliphatic carbocycles. The molecular weight excluding hydrogens is 507 g/mol. The Morgan fingerprint density at radius 1 is 0.865 bits per heavy atom. The molecule has 3 heterocycles. The van der Waals surface area contributed by atoms with Crippen LogP contribution in [0.25, 0.3) is 44.4 Å². The maximum atomic E-state index is 12.5. The molecular formula is C24H16F3N7O2S. The zero-order chi connectivity index (χ0) is 26.2. The van der Waals surface area contributed by atoms with Crippen molar-refractivity contribution >= 4 is 33.6 Å². The van der Waals surface area contributed by atoms with Crippen molar-refractivity contribution in [2.75, 3.05) is 5.73 Å². The third-order valence-electron chi connectivity index (χ3n) is 5.21. The number of nitrogens with two attached hydrogens (primary N) is 2. The van der Waals surface area contributed by atoms with Crippen molar-refractivity contribution in [1.29, 1.82) is 0 Å². The fraction of sp³-hybridized carbons (Fsp3) is 0.0833. The molecule has 1 unspecified atom stereocenters. The Balaban J connectivity index is 1.57. The summed E-state index contributed by atoms with van der Waals surface area (Å²) in [5.74, 6) is -2.37. The van der Waals surface area contributed by atoms with E-state index in [2.05, 4.69) is 19.9 Å². The molecule has 0 saturated heterocycles. The Morgan fingerprint density at radius 3 is 2.19 bits per heavy atom. The summed E-state index contributed by atoms with van der Waals surface area (Å²) in [4.78, 5) is 25.2. The summed E-state index contributed by atoms with van der Waals surface area (Å²) < 4.78 is 41.9. The number of hydrogen-bond acceptors (Lipinski definition) is 10. The van der Waals surface area contributed by atoms with Crippen LogP contribution in [-0.4, -0.2) is 37.3 Å². The minimum atomic E-state index is -5.14. The van der Waals surface area contributed by atoms with Crippen LogP contribution < -0.4 is 11.5 Å². The summed E-state index contributed by atoms with van der Waals surface area (Å²) in [5, 5.41) is 8.66. The SMILES string of the molecule is Nc1nnc(-c2ccc3nc(-c4ccccc4)c(-c4ccc(C(N)OC(=O)C(F)(F)F)cc4)nc3n2)s1. The molecule has 0 fully saturated rings. The highest BCUT2D eigenvalue weighted by Gasteiger charge is 2.42. The number of anilines is 1.